The number of nitrogens with one attached hydrogen (secondary N) is 1. The standard InChI is InChI=1S/C19H19N3O2.ClH/c1-21-10-13-6-8-14(9-7-13)11-22-12-16(19(20)24)18(23)15-4-2-3-5-17(15)22;/h2-9,12,21H,10-11H2,1H3,(H2,20,24);1H. The van der Waals surface area contributed by atoms with Gasteiger partial charge in [0.15, 0.2) is 0 Å². The number of halogens is 1. The summed E-state index contributed by atoms with van der Waals surface area (Å²) in [6.45, 7) is 1.37. The van der Waals surface area contributed by atoms with Crippen LogP contribution in [-0.4, -0.2) is 17.5 Å². The van der Waals surface area contributed by atoms with Gasteiger partial charge in [-0.25, -0.2) is 0 Å². The molecule has 0 saturated heterocycles. The number of primary amides is 1. The van der Waals surface area contributed by atoms with Crippen LogP contribution in [0.15, 0.2) is 59.5 Å². The van der Waals surface area contributed by atoms with Crippen LogP contribution in [0.5, 0.6) is 0 Å². The Morgan fingerprint density at radius 1 is 1.08 bits per heavy atom. The van der Waals surface area contributed by atoms with E-state index in [1.807, 2.05) is 35.9 Å². The molecular weight excluding hydrogens is 338 g/mol. The van der Waals surface area contributed by atoms with E-state index in [9.17, 15) is 9.59 Å². The first-order valence-corrected chi connectivity index (χ1v) is 7.74. The van der Waals surface area contributed by atoms with Crippen LogP contribution in [-0.2, 0) is 13.1 Å². The number of benzene rings is 2. The normalized spacial score (nSPS) is 10.4. The first-order valence-electron chi connectivity index (χ1n) is 7.74. The number of fused-ring (bicyclic) bond motifs is 1. The number of hydrogen-bond donors (Lipinski definition) is 2. The van der Waals surface area contributed by atoms with Crippen LogP contribution in [0.1, 0.15) is 21.5 Å². The van der Waals surface area contributed by atoms with Crippen molar-refractivity contribution in [1.82, 2.24) is 9.88 Å². The summed E-state index contributed by atoms with van der Waals surface area (Å²) in [6.07, 6.45) is 1.55. The minimum absolute atomic E-state index is 0. The van der Waals surface area contributed by atoms with Gasteiger partial charge in [0.1, 0.15) is 5.56 Å². The Kier molecular flexibility index (Phi) is 5.96. The van der Waals surface area contributed by atoms with Crippen molar-refractivity contribution >= 4 is 29.2 Å². The summed E-state index contributed by atoms with van der Waals surface area (Å²) >= 11 is 0. The van der Waals surface area contributed by atoms with Gasteiger partial charge in [-0.2, -0.15) is 0 Å². The molecule has 1 amide bonds. The zero-order valence-electron chi connectivity index (χ0n) is 13.9. The SMILES string of the molecule is CNCc1ccc(Cn2cc(C(N)=O)c(=O)c3ccccc32)cc1.Cl. The summed E-state index contributed by atoms with van der Waals surface area (Å²) in [7, 11) is 1.91. The molecule has 25 heavy (non-hydrogen) atoms. The molecule has 0 atom stereocenters. The van der Waals surface area contributed by atoms with E-state index in [0.717, 1.165) is 17.6 Å². The summed E-state index contributed by atoms with van der Waals surface area (Å²) in [4.78, 5) is 24.0. The van der Waals surface area contributed by atoms with Crippen molar-refractivity contribution in [3.05, 3.63) is 81.6 Å². The maximum Gasteiger partial charge on any atom is 0.254 e. The molecule has 1 heterocycles. The summed E-state index contributed by atoms with van der Waals surface area (Å²) in [5, 5.41) is 3.61. The van der Waals surface area contributed by atoms with Crippen LogP contribution < -0.4 is 16.5 Å². The molecule has 0 aliphatic rings. The Balaban J connectivity index is 0.00000225. The third kappa shape index (κ3) is 3.90. The largest absolute Gasteiger partial charge is 0.365 e. The van der Waals surface area contributed by atoms with Gasteiger partial charge in [-0.1, -0.05) is 36.4 Å². The fourth-order valence-electron chi connectivity index (χ4n) is 2.81. The number of nitrogens with two attached hydrogens (primary N) is 1. The van der Waals surface area contributed by atoms with Gasteiger partial charge in [-0.3, -0.25) is 9.59 Å². The monoisotopic (exact) mass is 357 g/mol. The molecule has 0 bridgehead atoms. The molecular formula is C19H20ClN3O2. The second-order valence-electron chi connectivity index (χ2n) is 5.73. The van der Waals surface area contributed by atoms with Crippen molar-refractivity contribution in [2.45, 2.75) is 13.1 Å². The maximum absolute atomic E-state index is 12.4. The zero-order valence-corrected chi connectivity index (χ0v) is 14.7. The van der Waals surface area contributed by atoms with E-state index >= 15 is 0 Å². The molecule has 0 fully saturated rings. The average molecular weight is 358 g/mol. The molecule has 0 aliphatic carbocycles. The fourth-order valence-corrected chi connectivity index (χ4v) is 2.81. The lowest BCUT2D eigenvalue weighted by Crippen LogP contribution is -2.24. The summed E-state index contributed by atoms with van der Waals surface area (Å²) in [6, 6.07) is 15.5. The number of pyridine rings is 1. The predicted molar refractivity (Wildman–Crippen MR) is 102 cm³/mol. The number of carbonyl (C=O) groups is 1. The lowest BCUT2D eigenvalue weighted by Gasteiger charge is -2.13. The van der Waals surface area contributed by atoms with Gasteiger partial charge in [0.25, 0.3) is 5.91 Å². The van der Waals surface area contributed by atoms with Crippen LogP contribution in [0.25, 0.3) is 10.9 Å². The Morgan fingerprint density at radius 3 is 2.36 bits per heavy atom. The topological polar surface area (TPSA) is 77.1 Å². The molecule has 0 unspecified atom stereocenters. The van der Waals surface area contributed by atoms with Crippen LogP contribution in [0, 0.1) is 0 Å². The number of carbonyl (C=O) groups excluding carboxylic acids is 1. The highest BCUT2D eigenvalue weighted by molar-refractivity contribution is 5.96. The number of rotatable bonds is 5. The number of aromatic nitrogens is 1. The molecule has 3 aromatic rings. The third-order valence-corrected chi connectivity index (χ3v) is 4.01. The Morgan fingerprint density at radius 2 is 1.72 bits per heavy atom. The van der Waals surface area contributed by atoms with E-state index in [1.165, 1.54) is 5.56 Å². The summed E-state index contributed by atoms with van der Waals surface area (Å²) < 4.78 is 1.89. The van der Waals surface area contributed by atoms with E-state index in [2.05, 4.69) is 17.4 Å². The molecule has 130 valence electrons. The first kappa shape index (κ1) is 18.7. The number of amides is 1. The minimum Gasteiger partial charge on any atom is -0.365 e. The van der Waals surface area contributed by atoms with E-state index < -0.39 is 5.91 Å². The second kappa shape index (κ2) is 7.96. The summed E-state index contributed by atoms with van der Waals surface area (Å²) in [5.74, 6) is -0.705. The van der Waals surface area contributed by atoms with E-state index in [-0.39, 0.29) is 23.4 Å². The Labute approximate surface area is 151 Å². The van der Waals surface area contributed by atoms with Crippen LogP contribution in [0.2, 0.25) is 0 Å². The highest BCUT2D eigenvalue weighted by Gasteiger charge is 2.12. The molecule has 6 heteroatoms. The molecule has 0 saturated carbocycles. The molecule has 5 nitrogen and oxygen atoms in total. The smallest absolute Gasteiger partial charge is 0.254 e. The molecule has 2 aromatic carbocycles. The van der Waals surface area contributed by atoms with Gasteiger partial charge < -0.3 is 15.6 Å². The van der Waals surface area contributed by atoms with E-state index in [0.29, 0.717) is 11.9 Å². The van der Waals surface area contributed by atoms with Crippen molar-refractivity contribution in [3.8, 4) is 0 Å². The van der Waals surface area contributed by atoms with E-state index in [4.69, 9.17) is 5.73 Å². The number of nitrogens with zero attached hydrogens (tertiary/aromatic N) is 1. The maximum atomic E-state index is 12.4. The highest BCUT2D eigenvalue weighted by atomic mass is 35.5. The Hall–Kier alpha value is -2.63. The van der Waals surface area contributed by atoms with Crippen molar-refractivity contribution in [3.63, 3.8) is 0 Å². The van der Waals surface area contributed by atoms with Gasteiger partial charge in [-0.15, -0.1) is 12.4 Å². The second-order valence-corrected chi connectivity index (χ2v) is 5.73. The van der Waals surface area contributed by atoms with Crippen molar-refractivity contribution in [2.24, 2.45) is 5.73 Å². The van der Waals surface area contributed by atoms with Gasteiger partial charge in [0.2, 0.25) is 5.43 Å². The highest BCUT2D eigenvalue weighted by Crippen LogP contribution is 2.14. The summed E-state index contributed by atoms with van der Waals surface area (Å²) in [5.41, 5.74) is 8.12. The molecule has 0 radical (unpaired) electrons. The quantitative estimate of drug-likeness (QED) is 0.735. The van der Waals surface area contributed by atoms with E-state index in [1.54, 1.807) is 18.3 Å². The van der Waals surface area contributed by atoms with Gasteiger partial charge in [-0.05, 0) is 30.3 Å². The van der Waals surface area contributed by atoms with Gasteiger partial charge in [0.05, 0.1) is 5.52 Å². The number of hydrogen-bond acceptors (Lipinski definition) is 3. The van der Waals surface area contributed by atoms with Gasteiger partial charge >= 0.3 is 0 Å². The lowest BCUT2D eigenvalue weighted by atomic mass is 10.1. The molecule has 1 aromatic heterocycles. The van der Waals surface area contributed by atoms with Crippen LogP contribution >= 0.6 is 12.4 Å². The zero-order chi connectivity index (χ0) is 17.1. The fraction of sp³-hybridized carbons (Fsp3) is 0.158. The predicted octanol–water partition coefficient (Wildman–Crippen LogP) is 2.29. The average Bonchev–Trinajstić information content (AvgIpc) is 2.59. The van der Waals surface area contributed by atoms with Crippen LogP contribution in [0.3, 0.4) is 0 Å². The molecule has 0 aliphatic heterocycles. The minimum atomic E-state index is -0.705. The Bertz CT molecular complexity index is 949. The van der Waals surface area contributed by atoms with Crippen molar-refractivity contribution < 1.29 is 4.79 Å². The molecule has 3 rings (SSSR count). The molecule has 0 spiro atoms. The third-order valence-electron chi connectivity index (χ3n) is 4.01. The van der Waals surface area contributed by atoms with Crippen molar-refractivity contribution in [1.29, 1.82) is 0 Å². The molecule has 3 N–H and O–H groups in total. The number of para-hydroxylation sites is 1. The van der Waals surface area contributed by atoms with Gasteiger partial charge in [0, 0.05) is 24.7 Å². The lowest BCUT2D eigenvalue weighted by molar-refractivity contribution is 0.0999. The van der Waals surface area contributed by atoms with Crippen molar-refractivity contribution in [2.75, 3.05) is 7.05 Å². The van der Waals surface area contributed by atoms with Crippen LogP contribution in [0.4, 0.5) is 0 Å². The first-order chi connectivity index (χ1) is 11.6.